The van der Waals surface area contributed by atoms with Crippen molar-refractivity contribution >= 4 is 6.29 Å². The first kappa shape index (κ1) is 24.6. The number of unbranched alkanes of at least 4 members (excludes halogenated alkanes) is 1. The zero-order valence-corrected chi connectivity index (χ0v) is 17.8. The van der Waals surface area contributed by atoms with Crippen LogP contribution in [0.2, 0.25) is 0 Å². The van der Waals surface area contributed by atoms with Gasteiger partial charge in [-0.2, -0.15) is 0 Å². The summed E-state index contributed by atoms with van der Waals surface area (Å²) in [5, 5.41) is 0. The number of rotatable bonds is 15. The Morgan fingerprint density at radius 2 is 1.00 bits per heavy atom. The van der Waals surface area contributed by atoms with E-state index in [-0.39, 0.29) is 0 Å². The first-order valence-corrected chi connectivity index (χ1v) is 10.0. The Kier molecular flexibility index (Phi) is 16.1. The summed E-state index contributed by atoms with van der Waals surface area (Å²) in [7, 11) is 1.75. The molecule has 0 heterocycles. The summed E-state index contributed by atoms with van der Waals surface area (Å²) in [6.45, 7) is 9.58. The monoisotopic (exact) mass is 360 g/mol. The molecule has 0 aliphatic rings. The summed E-state index contributed by atoms with van der Waals surface area (Å²) in [6, 6.07) is 0. The number of methoxy groups -OCH3 is 1. The largest absolute Gasteiger partial charge is 0.384 e. The molecule has 0 aliphatic carbocycles. The van der Waals surface area contributed by atoms with Crippen LogP contribution in [0.4, 0.5) is 0 Å². The van der Waals surface area contributed by atoms with Crippen LogP contribution in [0.5, 0.6) is 0 Å². The third-order valence-corrected chi connectivity index (χ3v) is 4.57. The molecule has 0 radical (unpaired) electrons. The minimum absolute atomic E-state index is 0.644. The topological polar surface area (TPSA) is 26.3 Å². The number of carbonyl (C=O) groups excluding carboxylic acids is 1. The fourth-order valence-electron chi connectivity index (χ4n) is 2.71. The van der Waals surface area contributed by atoms with Gasteiger partial charge in [-0.1, -0.05) is 46.6 Å². The van der Waals surface area contributed by atoms with Gasteiger partial charge in [0.15, 0.2) is 0 Å². The highest BCUT2D eigenvalue weighted by Gasteiger charge is 1.94. The predicted octanol–water partition coefficient (Wildman–Crippen LogP) is 7.13. The smallest absolute Gasteiger partial charge is 0.120 e. The van der Waals surface area contributed by atoms with Crippen LogP contribution in [0.25, 0.3) is 0 Å². The molecular weight excluding hydrogens is 320 g/mol. The van der Waals surface area contributed by atoms with Crippen LogP contribution in [0.1, 0.15) is 85.5 Å². The van der Waals surface area contributed by atoms with Crippen LogP contribution in [-0.4, -0.2) is 20.0 Å². The molecule has 2 nitrogen and oxygen atoms in total. The first-order chi connectivity index (χ1) is 12.5. The number of carbonyl (C=O) groups is 1. The summed E-state index contributed by atoms with van der Waals surface area (Å²) >= 11 is 0. The van der Waals surface area contributed by atoms with Crippen LogP contribution in [-0.2, 0) is 9.53 Å². The lowest BCUT2D eigenvalue weighted by Gasteiger charge is -2.02. The highest BCUT2D eigenvalue weighted by atomic mass is 16.5. The second kappa shape index (κ2) is 17.0. The molecule has 0 aromatic rings. The van der Waals surface area contributed by atoms with Gasteiger partial charge in [0.2, 0.25) is 0 Å². The zero-order chi connectivity index (χ0) is 19.6. The van der Waals surface area contributed by atoms with E-state index < -0.39 is 0 Å². The van der Waals surface area contributed by atoms with E-state index in [1.807, 2.05) is 0 Å². The number of hydrogen-bond donors (Lipinski definition) is 0. The molecular formula is C24H40O2. The lowest BCUT2D eigenvalue weighted by atomic mass is 10.0. The maximum absolute atomic E-state index is 10.4. The van der Waals surface area contributed by atoms with E-state index in [0.29, 0.717) is 6.42 Å². The van der Waals surface area contributed by atoms with Gasteiger partial charge in [0.1, 0.15) is 6.29 Å². The van der Waals surface area contributed by atoms with Crippen LogP contribution in [0, 0.1) is 0 Å². The maximum Gasteiger partial charge on any atom is 0.120 e. The van der Waals surface area contributed by atoms with E-state index >= 15 is 0 Å². The van der Waals surface area contributed by atoms with E-state index in [0.717, 1.165) is 64.3 Å². The number of hydrogen-bond acceptors (Lipinski definition) is 2. The molecule has 0 unspecified atom stereocenters. The fraction of sp³-hybridized carbons (Fsp3) is 0.625. The Hall–Kier alpha value is -1.41. The normalized spacial score (nSPS) is 14.0. The van der Waals surface area contributed by atoms with Gasteiger partial charge in [0.05, 0.1) is 0 Å². The molecule has 0 amide bonds. The van der Waals surface area contributed by atoms with Gasteiger partial charge in [0, 0.05) is 20.1 Å². The molecule has 0 saturated carbocycles. The molecule has 0 aromatic carbocycles. The van der Waals surface area contributed by atoms with E-state index in [2.05, 4.69) is 52.0 Å². The maximum atomic E-state index is 10.4. The van der Waals surface area contributed by atoms with Crippen molar-refractivity contribution in [1.29, 1.82) is 0 Å². The van der Waals surface area contributed by atoms with Crippen molar-refractivity contribution in [2.24, 2.45) is 0 Å². The van der Waals surface area contributed by atoms with Gasteiger partial charge < -0.3 is 9.53 Å². The molecule has 0 aromatic heterocycles. The van der Waals surface area contributed by atoms with Crippen molar-refractivity contribution in [3.63, 3.8) is 0 Å². The number of ether oxygens (including phenoxy) is 1. The van der Waals surface area contributed by atoms with Crippen molar-refractivity contribution in [1.82, 2.24) is 0 Å². The average molecular weight is 361 g/mol. The minimum Gasteiger partial charge on any atom is -0.384 e. The highest BCUT2D eigenvalue weighted by molar-refractivity contribution is 5.49. The van der Waals surface area contributed by atoms with Gasteiger partial charge in [-0.3, -0.25) is 0 Å². The Bertz CT molecular complexity index is 492. The van der Waals surface area contributed by atoms with Crippen molar-refractivity contribution in [2.75, 3.05) is 13.7 Å². The average Bonchev–Trinajstić information content (AvgIpc) is 2.61. The molecule has 2 heteroatoms. The SMILES string of the molecule is COCC/C(C)=C/CC/C(C)=C/CC/C=C(\C)CC/C=C(\C)CCC=O. The number of aldehydes is 1. The third kappa shape index (κ3) is 16.1. The summed E-state index contributed by atoms with van der Waals surface area (Å²) in [5.74, 6) is 0. The predicted molar refractivity (Wildman–Crippen MR) is 115 cm³/mol. The second-order valence-electron chi connectivity index (χ2n) is 7.30. The van der Waals surface area contributed by atoms with Crippen LogP contribution in [0.15, 0.2) is 46.6 Å². The Morgan fingerprint density at radius 3 is 1.42 bits per heavy atom. The third-order valence-electron chi connectivity index (χ3n) is 4.57. The van der Waals surface area contributed by atoms with Gasteiger partial charge in [-0.05, 0) is 79.1 Å². The lowest BCUT2D eigenvalue weighted by molar-refractivity contribution is -0.107. The summed E-state index contributed by atoms with van der Waals surface area (Å²) < 4.78 is 5.10. The van der Waals surface area contributed by atoms with Gasteiger partial charge in [0.25, 0.3) is 0 Å². The molecule has 0 rings (SSSR count). The van der Waals surface area contributed by atoms with Crippen molar-refractivity contribution in [3.8, 4) is 0 Å². The molecule has 0 fully saturated rings. The zero-order valence-electron chi connectivity index (χ0n) is 17.8. The molecule has 0 bridgehead atoms. The van der Waals surface area contributed by atoms with Gasteiger partial charge in [-0.15, -0.1) is 0 Å². The molecule has 0 aliphatic heterocycles. The standard InChI is InChI=1S/C24H40O2/c1-21(13-8-15-23(3)17-10-19-25)11-6-7-12-22(2)14-9-16-24(4)18-20-26-5/h11-12,15-16,19H,6-10,13-14,17-18,20H2,1-5H3/b21-11+,22-12+,23-15+,24-16+. The second-order valence-corrected chi connectivity index (χ2v) is 7.30. The Balaban J connectivity index is 3.97. The van der Waals surface area contributed by atoms with Gasteiger partial charge >= 0.3 is 0 Å². The Labute approximate surface area is 162 Å². The van der Waals surface area contributed by atoms with Gasteiger partial charge in [-0.25, -0.2) is 0 Å². The van der Waals surface area contributed by atoms with Crippen molar-refractivity contribution < 1.29 is 9.53 Å². The fourth-order valence-corrected chi connectivity index (χ4v) is 2.71. The number of allylic oxidation sites excluding steroid dienone is 7. The molecule has 0 saturated heterocycles. The molecule has 0 atom stereocenters. The lowest BCUT2D eigenvalue weighted by Crippen LogP contribution is -1.89. The van der Waals surface area contributed by atoms with E-state index in [4.69, 9.17) is 4.74 Å². The van der Waals surface area contributed by atoms with Crippen LogP contribution < -0.4 is 0 Å². The van der Waals surface area contributed by atoms with E-state index in [1.165, 1.54) is 22.3 Å². The van der Waals surface area contributed by atoms with Crippen molar-refractivity contribution in [2.45, 2.75) is 85.5 Å². The molecule has 148 valence electrons. The van der Waals surface area contributed by atoms with E-state index in [9.17, 15) is 4.79 Å². The van der Waals surface area contributed by atoms with Crippen molar-refractivity contribution in [3.05, 3.63) is 46.6 Å². The molecule has 26 heavy (non-hydrogen) atoms. The molecule has 0 spiro atoms. The first-order valence-electron chi connectivity index (χ1n) is 10.0. The molecule has 0 N–H and O–H groups in total. The summed E-state index contributed by atoms with van der Waals surface area (Å²) in [5.41, 5.74) is 5.70. The quantitative estimate of drug-likeness (QED) is 0.176. The van der Waals surface area contributed by atoms with Crippen LogP contribution in [0.3, 0.4) is 0 Å². The summed E-state index contributed by atoms with van der Waals surface area (Å²) in [4.78, 5) is 10.4. The van der Waals surface area contributed by atoms with Crippen LogP contribution >= 0.6 is 0 Å². The Morgan fingerprint density at radius 1 is 0.615 bits per heavy atom. The van der Waals surface area contributed by atoms with E-state index in [1.54, 1.807) is 7.11 Å². The summed E-state index contributed by atoms with van der Waals surface area (Å²) in [6.07, 6.45) is 19.7. The minimum atomic E-state index is 0.644. The highest BCUT2D eigenvalue weighted by Crippen LogP contribution is 2.13.